The zero-order valence-electron chi connectivity index (χ0n) is 22.1. The number of nitrogens with one attached hydrogen (secondary N) is 1. The first-order valence-electron chi connectivity index (χ1n) is 13.2. The van der Waals surface area contributed by atoms with E-state index in [9.17, 15) is 4.79 Å². The Balaban J connectivity index is 1.58. The van der Waals surface area contributed by atoms with Gasteiger partial charge in [0, 0.05) is 58.7 Å². The number of anilines is 1. The highest BCUT2D eigenvalue weighted by Crippen LogP contribution is 2.31. The van der Waals surface area contributed by atoms with Crippen molar-refractivity contribution < 1.29 is 4.74 Å². The van der Waals surface area contributed by atoms with Crippen LogP contribution in [0.5, 0.6) is 0 Å². The Hall–Kier alpha value is -3.33. The Morgan fingerprint density at radius 1 is 1.13 bits per heavy atom. The van der Waals surface area contributed by atoms with Crippen molar-refractivity contribution in [3.63, 3.8) is 0 Å². The molecule has 0 aliphatic carbocycles. The summed E-state index contributed by atoms with van der Waals surface area (Å²) in [4.78, 5) is 30.2. The van der Waals surface area contributed by atoms with E-state index in [1.165, 1.54) is 0 Å². The van der Waals surface area contributed by atoms with Crippen molar-refractivity contribution in [2.24, 2.45) is 0 Å². The van der Waals surface area contributed by atoms with Crippen molar-refractivity contribution in [3.8, 4) is 22.4 Å². The van der Waals surface area contributed by atoms with E-state index in [0.717, 1.165) is 55.0 Å². The van der Waals surface area contributed by atoms with E-state index < -0.39 is 0 Å². The van der Waals surface area contributed by atoms with Gasteiger partial charge >= 0.3 is 0 Å². The minimum Gasteiger partial charge on any atom is -0.379 e. The molecule has 0 unspecified atom stereocenters. The molecule has 4 heterocycles. The van der Waals surface area contributed by atoms with Gasteiger partial charge in [-0.25, -0.2) is 4.98 Å². The lowest BCUT2D eigenvalue weighted by atomic mass is 10.0. The fraction of sp³-hybridized carbons (Fsp3) is 0.379. The molecular formula is C29H33ClN6O2. The number of halogens is 1. The molecule has 1 saturated heterocycles. The predicted octanol–water partition coefficient (Wildman–Crippen LogP) is 5.02. The molecular weight excluding hydrogens is 500 g/mol. The summed E-state index contributed by atoms with van der Waals surface area (Å²) in [5.41, 5.74) is 4.37. The number of ether oxygens (including phenoxy) is 1. The van der Waals surface area contributed by atoms with Crippen molar-refractivity contribution in [1.29, 1.82) is 0 Å². The molecule has 1 fully saturated rings. The lowest BCUT2D eigenvalue weighted by molar-refractivity contribution is 0.195. The summed E-state index contributed by atoms with van der Waals surface area (Å²) in [5.74, 6) is 0.504. The van der Waals surface area contributed by atoms with Crippen LogP contribution in [-0.2, 0) is 11.3 Å². The summed E-state index contributed by atoms with van der Waals surface area (Å²) in [6.45, 7) is 10.6. The van der Waals surface area contributed by atoms with Crippen molar-refractivity contribution >= 4 is 28.6 Å². The zero-order valence-corrected chi connectivity index (χ0v) is 22.8. The number of benzene rings is 1. The normalized spacial score (nSPS) is 15.4. The fourth-order valence-corrected chi connectivity index (χ4v) is 5.12. The second kappa shape index (κ2) is 11.6. The van der Waals surface area contributed by atoms with Crippen LogP contribution in [0, 0.1) is 6.92 Å². The second-order valence-electron chi connectivity index (χ2n) is 9.58. The number of fused-ring (bicyclic) bond motifs is 1. The quantitative estimate of drug-likeness (QED) is 0.324. The van der Waals surface area contributed by atoms with E-state index in [1.54, 1.807) is 10.8 Å². The smallest absolute Gasteiger partial charge is 0.260 e. The lowest BCUT2D eigenvalue weighted by Gasteiger charge is -2.20. The van der Waals surface area contributed by atoms with Crippen molar-refractivity contribution in [1.82, 2.24) is 24.4 Å². The lowest BCUT2D eigenvalue weighted by Crippen LogP contribution is -2.32. The Labute approximate surface area is 227 Å². The largest absolute Gasteiger partial charge is 0.379 e. The fourth-order valence-electron chi connectivity index (χ4n) is 4.84. The molecule has 38 heavy (non-hydrogen) atoms. The zero-order chi connectivity index (χ0) is 26.6. The Morgan fingerprint density at radius 2 is 1.97 bits per heavy atom. The second-order valence-corrected chi connectivity index (χ2v) is 9.99. The van der Waals surface area contributed by atoms with E-state index in [2.05, 4.69) is 34.0 Å². The predicted molar refractivity (Wildman–Crippen MR) is 153 cm³/mol. The van der Waals surface area contributed by atoms with Gasteiger partial charge in [0.15, 0.2) is 0 Å². The maximum Gasteiger partial charge on any atom is 0.260 e. The van der Waals surface area contributed by atoms with Gasteiger partial charge in [-0.2, -0.15) is 4.98 Å². The van der Waals surface area contributed by atoms with Crippen LogP contribution in [0.15, 0.2) is 53.5 Å². The molecule has 1 N–H and O–H groups in total. The highest BCUT2D eigenvalue weighted by molar-refractivity contribution is 6.33. The molecule has 1 atom stereocenters. The van der Waals surface area contributed by atoms with E-state index in [-0.39, 0.29) is 11.6 Å². The summed E-state index contributed by atoms with van der Waals surface area (Å²) in [7, 11) is 0. The van der Waals surface area contributed by atoms with Crippen LogP contribution in [-0.4, -0.2) is 63.3 Å². The number of rotatable bonds is 9. The first kappa shape index (κ1) is 26.3. The average molecular weight is 533 g/mol. The standard InChI is InChI=1S/C29H33ClN6O2/c1-4-35(5-2)12-13-36-27-21(17-31-29(34-27)33-22-11-14-38-18-22)15-24(28(36)37)23-10-9-20(16-25(23)30)26-8-6-7-19(3)32-26/h6-10,15-17,22H,4-5,11-14,18H2,1-3H3,(H,31,33,34)/t22-/m1/s1. The highest BCUT2D eigenvalue weighted by Gasteiger charge is 2.19. The van der Waals surface area contributed by atoms with Crippen LogP contribution in [0.25, 0.3) is 33.4 Å². The Morgan fingerprint density at radius 3 is 2.68 bits per heavy atom. The number of aryl methyl sites for hydroxylation is 1. The summed E-state index contributed by atoms with van der Waals surface area (Å²) in [6, 6.07) is 13.6. The minimum atomic E-state index is -0.123. The summed E-state index contributed by atoms with van der Waals surface area (Å²) < 4.78 is 7.23. The third-order valence-electron chi connectivity index (χ3n) is 7.07. The number of likely N-dealkylation sites (N-methyl/N-ethyl adjacent to an activating group) is 1. The van der Waals surface area contributed by atoms with Gasteiger partial charge in [-0.1, -0.05) is 43.6 Å². The molecule has 0 spiro atoms. The molecule has 0 saturated carbocycles. The van der Waals surface area contributed by atoms with Crippen LogP contribution in [0.4, 0.5) is 5.95 Å². The van der Waals surface area contributed by atoms with Crippen LogP contribution >= 0.6 is 11.6 Å². The third-order valence-corrected chi connectivity index (χ3v) is 7.38. The van der Waals surface area contributed by atoms with E-state index in [4.69, 9.17) is 21.3 Å². The summed E-state index contributed by atoms with van der Waals surface area (Å²) >= 11 is 6.78. The highest BCUT2D eigenvalue weighted by atomic mass is 35.5. The molecule has 1 aliphatic heterocycles. The third kappa shape index (κ3) is 5.57. The molecule has 1 aromatic carbocycles. The first-order valence-corrected chi connectivity index (χ1v) is 13.6. The molecule has 5 rings (SSSR count). The van der Waals surface area contributed by atoms with Crippen LogP contribution < -0.4 is 10.9 Å². The molecule has 0 amide bonds. The van der Waals surface area contributed by atoms with Crippen LogP contribution in [0.2, 0.25) is 5.02 Å². The summed E-state index contributed by atoms with van der Waals surface area (Å²) in [5, 5.41) is 4.63. The molecule has 4 aromatic rings. The number of hydrogen-bond donors (Lipinski definition) is 1. The molecule has 3 aromatic heterocycles. The molecule has 9 heteroatoms. The maximum absolute atomic E-state index is 14.0. The minimum absolute atomic E-state index is 0.123. The number of aromatic nitrogens is 4. The monoisotopic (exact) mass is 532 g/mol. The van der Waals surface area contributed by atoms with E-state index in [1.807, 2.05) is 49.4 Å². The maximum atomic E-state index is 14.0. The average Bonchev–Trinajstić information content (AvgIpc) is 3.43. The van der Waals surface area contributed by atoms with Gasteiger partial charge in [-0.05, 0) is 50.7 Å². The molecule has 0 bridgehead atoms. The van der Waals surface area contributed by atoms with Gasteiger partial charge in [0.2, 0.25) is 5.95 Å². The number of pyridine rings is 2. The topological polar surface area (TPSA) is 85.2 Å². The first-order chi connectivity index (χ1) is 18.5. The van der Waals surface area contributed by atoms with Gasteiger partial charge < -0.3 is 15.0 Å². The van der Waals surface area contributed by atoms with Crippen molar-refractivity contribution in [2.45, 2.75) is 39.8 Å². The van der Waals surface area contributed by atoms with Crippen molar-refractivity contribution in [2.75, 3.05) is 38.2 Å². The van der Waals surface area contributed by atoms with Gasteiger partial charge in [0.25, 0.3) is 5.56 Å². The summed E-state index contributed by atoms with van der Waals surface area (Å²) in [6.07, 6.45) is 2.68. The molecule has 8 nitrogen and oxygen atoms in total. The van der Waals surface area contributed by atoms with Gasteiger partial charge in [0.1, 0.15) is 5.65 Å². The Kier molecular flexibility index (Phi) is 8.02. The van der Waals surface area contributed by atoms with Gasteiger partial charge in [-0.3, -0.25) is 14.3 Å². The van der Waals surface area contributed by atoms with Crippen LogP contribution in [0.3, 0.4) is 0 Å². The van der Waals surface area contributed by atoms with E-state index >= 15 is 0 Å². The molecule has 198 valence electrons. The van der Waals surface area contributed by atoms with Gasteiger partial charge in [0.05, 0.1) is 18.3 Å². The number of hydrogen-bond acceptors (Lipinski definition) is 7. The SMILES string of the molecule is CCN(CC)CCn1c(=O)c(-c2ccc(-c3cccc(C)n3)cc2Cl)cc2cnc(N[C@@H]3CCOC3)nc21. The molecule has 1 aliphatic rings. The Bertz CT molecular complexity index is 1490. The number of nitrogens with zero attached hydrogens (tertiary/aromatic N) is 5. The molecule has 0 radical (unpaired) electrons. The van der Waals surface area contributed by atoms with Crippen molar-refractivity contribution in [3.05, 3.63) is 69.7 Å². The van der Waals surface area contributed by atoms with Gasteiger partial charge in [-0.15, -0.1) is 0 Å². The van der Waals surface area contributed by atoms with E-state index in [0.29, 0.717) is 40.9 Å². The van der Waals surface area contributed by atoms with Crippen LogP contribution in [0.1, 0.15) is 26.0 Å².